The molecule has 20 rings (SSSR count). The van der Waals surface area contributed by atoms with E-state index in [1.165, 1.54) is 78.0 Å². The van der Waals surface area contributed by atoms with Crippen LogP contribution in [0.1, 0.15) is 172 Å². The second-order valence-electron chi connectivity index (χ2n) is 38.6. The van der Waals surface area contributed by atoms with Crippen LogP contribution < -0.4 is 26.6 Å². The number of piperidine rings is 2. The lowest BCUT2D eigenvalue weighted by molar-refractivity contribution is -0.135. The smallest absolute Gasteiger partial charge is 0.407 e. The molecule has 10 heterocycles. The van der Waals surface area contributed by atoms with E-state index in [0.29, 0.717) is 93.8 Å². The molecule has 35 nitrogen and oxygen atoms in total. The van der Waals surface area contributed by atoms with Crippen molar-refractivity contribution in [1.29, 1.82) is 0 Å². The number of amides is 8. The number of benzene rings is 8. The average molecular weight is 2030 g/mol. The number of aromatic amines is 2. The summed E-state index contributed by atoms with van der Waals surface area (Å²) in [4.78, 5) is 141. The molecule has 10 aromatic rings. The standard InChI is InChI=1S/C53H58N8O8S.C52H56N8O6.C2H6O5S2/c1-68-52(64)57-47(32-9-5-4-6-10-32)51(63)61-24-8-12-46(61)49-54-31-44(56-49)39-16-15-35-27-34(13-14-36(35)29-39)37-17-19-40-38(28-37)18-20-42-41(40)30-43(55-42)45-11-7-23-60(45)50(62)48(58-53(65)69-2)33-21-25-59(26-22-33)70(3,66)67;1-65-51(63)57-46(31-8-4-3-5-9-31)50(62)60-25-7-11-45(60)48-54-30-43(56-48)38-15-14-34-26-33(12-13-35(34)28-38)36-16-18-39-37(27-36)17-19-41-40(39)29-42(55-41)44-10-6-24-59(44)49(61)47(58-52(64)66-2)32-20-22-53-23-21-32;1-8(3,4)7-9(2,5)6/h4-6,9-10,13-17,19,27-29,31,33,45-48H,7-8,11-12,18,20-26,30H2,1-3H3,(H,54,56)(H,57,64)(H,58,65);3-5,8-9,12-16,18,26-28,30,32,44-47,53H,6-7,10-11,17,19-25,29H2,1-2H3,(H,54,56)(H,57,63)(H,58,64);1-2H3/t45-,46-,47+,48-;44-,45-,46+,47-;/m00./s1. The van der Waals surface area contributed by atoms with Crippen molar-refractivity contribution in [3.05, 3.63) is 239 Å². The normalized spacial score (nSPS) is 20.0. The molecule has 760 valence electrons. The Morgan fingerprint density at radius 2 is 0.724 bits per heavy atom. The van der Waals surface area contributed by atoms with Gasteiger partial charge in [0.25, 0.3) is 32.1 Å². The predicted octanol–water partition coefficient (Wildman–Crippen LogP) is 14.3. The van der Waals surface area contributed by atoms with Crippen LogP contribution in [0.4, 0.5) is 19.2 Å². The molecule has 0 spiro atoms. The summed E-state index contributed by atoms with van der Waals surface area (Å²) in [5.41, 5.74) is 21.4. The number of methoxy groups -OCH3 is 4. The van der Waals surface area contributed by atoms with Crippen LogP contribution in [-0.4, -0.2) is 252 Å². The Morgan fingerprint density at radius 1 is 0.379 bits per heavy atom. The van der Waals surface area contributed by atoms with Gasteiger partial charge in [0.2, 0.25) is 21.8 Å². The van der Waals surface area contributed by atoms with Crippen molar-refractivity contribution < 1.29 is 86.2 Å². The van der Waals surface area contributed by atoms with Gasteiger partial charge in [0.05, 0.1) is 95.2 Å². The number of nitrogens with one attached hydrogen (secondary N) is 7. The van der Waals surface area contributed by atoms with E-state index in [9.17, 15) is 63.6 Å². The number of aliphatic imine (C=N–C) groups is 2. The molecule has 0 bridgehead atoms. The number of carbonyl (C=O) groups is 8. The molecule has 145 heavy (non-hydrogen) atoms. The number of hydrogen-bond donors (Lipinski definition) is 7. The van der Waals surface area contributed by atoms with E-state index in [1.54, 1.807) is 4.90 Å². The zero-order chi connectivity index (χ0) is 102. The zero-order valence-corrected chi connectivity index (χ0v) is 84.4. The minimum Gasteiger partial charge on any atom is -0.453 e. The van der Waals surface area contributed by atoms with Crippen molar-refractivity contribution in [1.82, 2.24) is 70.4 Å². The molecule has 10 aliphatic rings. The van der Waals surface area contributed by atoms with Crippen LogP contribution in [0.2, 0.25) is 0 Å². The SMILES string of the molecule is COC(=O)N[C@H](C(=O)N1CCC[C@H]1C1=NC2=C(C1)c1ccc(-c3ccc4cc(-c5cnc([C@@H]6CCCN6C(=O)[C@H](NC(=O)OC)c6ccccc6)[nH]5)ccc4c3)cc1CC2)C1CCN(S(C)(=O)=O)CC1.COC(=O)N[C@H](C(=O)N1CCC[C@H]1C1=NC2=C(C1)c1ccc(-c3ccc4cc(-c5cnc([C@@H]6CCCN6C(=O)[C@H](NC(=O)OC)c6ccccc6)[nH]5)ccc4c3)cc1CC2)C1CCNCC1.CS(=O)(=O)OS(C)(=O)=O. The third-order valence-corrected chi connectivity index (χ3v) is 32.7. The molecule has 8 aliphatic heterocycles. The first-order chi connectivity index (χ1) is 69.8. The number of alkyl carbamates (subject to hydrolysis) is 4. The van der Waals surface area contributed by atoms with E-state index < -0.39 is 78.8 Å². The van der Waals surface area contributed by atoms with E-state index >= 15 is 0 Å². The Balaban J connectivity index is 0.000000176. The van der Waals surface area contributed by atoms with E-state index in [0.717, 1.165) is 193 Å². The fourth-order valence-corrected chi connectivity index (χ4v) is 25.0. The molecule has 2 aromatic heterocycles. The third kappa shape index (κ3) is 22.8. The van der Waals surface area contributed by atoms with Crippen LogP contribution in [0.15, 0.2) is 204 Å². The highest BCUT2D eigenvalue weighted by Gasteiger charge is 2.47. The lowest BCUT2D eigenvalue weighted by Gasteiger charge is -2.37. The quantitative estimate of drug-likeness (QED) is 0.0292. The molecule has 0 unspecified atom stereocenters. The van der Waals surface area contributed by atoms with Crippen LogP contribution in [0.3, 0.4) is 0 Å². The third-order valence-electron chi connectivity index (χ3n) is 29.4. The van der Waals surface area contributed by atoms with Gasteiger partial charge in [0.1, 0.15) is 35.8 Å². The molecule has 6 fully saturated rings. The molecule has 8 atom stereocenters. The highest BCUT2D eigenvalue weighted by atomic mass is 32.3. The second-order valence-corrected chi connectivity index (χ2v) is 43.9. The van der Waals surface area contributed by atoms with Crippen LogP contribution in [0.25, 0.3) is 77.5 Å². The van der Waals surface area contributed by atoms with Gasteiger partial charge >= 0.3 is 24.4 Å². The lowest BCUT2D eigenvalue weighted by atomic mass is 9.85. The molecule has 2 aliphatic carbocycles. The van der Waals surface area contributed by atoms with E-state index in [4.69, 9.17) is 38.9 Å². The van der Waals surface area contributed by atoms with Crippen LogP contribution in [-0.2, 0) is 84.9 Å². The molecule has 8 aromatic carbocycles. The maximum atomic E-state index is 14.4. The summed E-state index contributed by atoms with van der Waals surface area (Å²) >= 11 is 0. The number of carbonyl (C=O) groups excluding carboxylic acids is 8. The molecule has 8 amide bonds. The fourth-order valence-electron chi connectivity index (χ4n) is 22.3. The summed E-state index contributed by atoms with van der Waals surface area (Å²) in [5.74, 6) is 0.636. The minimum absolute atomic E-state index is 0.0267. The van der Waals surface area contributed by atoms with Crippen molar-refractivity contribution in [2.24, 2.45) is 21.8 Å². The number of allylic oxidation sites excluding steroid dienone is 4. The lowest BCUT2D eigenvalue weighted by Crippen LogP contribution is -2.56. The Labute approximate surface area is 842 Å². The first-order valence-electron chi connectivity index (χ1n) is 49.3. The number of fused-ring (bicyclic) bond motifs is 6. The van der Waals surface area contributed by atoms with Crippen molar-refractivity contribution in [3.8, 4) is 44.8 Å². The predicted molar refractivity (Wildman–Crippen MR) is 549 cm³/mol. The zero-order valence-electron chi connectivity index (χ0n) is 82.0. The number of imidazole rings is 2. The Hall–Kier alpha value is -13.8. The second kappa shape index (κ2) is 43.6. The Morgan fingerprint density at radius 3 is 1.10 bits per heavy atom. The van der Waals surface area contributed by atoms with Crippen molar-refractivity contribution in [3.63, 3.8) is 0 Å². The summed E-state index contributed by atoms with van der Waals surface area (Å²) in [5, 5.41) is 19.0. The monoisotopic (exact) mass is 2030 g/mol. The molecule has 38 heteroatoms. The number of nitrogens with zero attached hydrogens (tertiary/aromatic N) is 9. The molecule has 6 saturated heterocycles. The van der Waals surface area contributed by atoms with Gasteiger partial charge in [-0.2, -0.15) is 16.8 Å². The number of aryl methyl sites for hydroxylation is 2. The number of H-pyrrole nitrogens is 2. The van der Waals surface area contributed by atoms with Gasteiger partial charge in [0, 0.05) is 86.1 Å². The van der Waals surface area contributed by atoms with Crippen LogP contribution >= 0.6 is 0 Å². The molecule has 0 radical (unpaired) electrons. The summed E-state index contributed by atoms with van der Waals surface area (Å²) in [6.45, 7) is 4.57. The van der Waals surface area contributed by atoms with E-state index in [2.05, 4.69) is 149 Å². The van der Waals surface area contributed by atoms with Gasteiger partial charge < -0.3 is 75.1 Å². The number of ether oxygens (including phenoxy) is 4. The molecular formula is C107H120N16O19S3. The number of hydrogen-bond acceptors (Lipinski definition) is 24. The summed E-state index contributed by atoms with van der Waals surface area (Å²) < 4.78 is 89.2. The van der Waals surface area contributed by atoms with Gasteiger partial charge in [-0.05, 0) is 240 Å². The minimum atomic E-state index is -3.87. The first kappa shape index (κ1) is 101. The Bertz CT molecular complexity index is 7130. The van der Waals surface area contributed by atoms with Crippen molar-refractivity contribution in [2.75, 3.05) is 99.6 Å². The molecular weight excluding hydrogens is 1910 g/mol. The summed E-state index contributed by atoms with van der Waals surface area (Å²) in [6.07, 6.45) is 17.5. The number of likely N-dealkylation sites (tertiary alicyclic amines) is 4. The van der Waals surface area contributed by atoms with Gasteiger partial charge in [-0.1, -0.05) is 146 Å². The summed E-state index contributed by atoms with van der Waals surface area (Å²) in [6, 6.07) is 53.8. The largest absolute Gasteiger partial charge is 0.453 e. The van der Waals surface area contributed by atoms with Gasteiger partial charge in [-0.15, -0.1) is 3.63 Å². The number of sulfonamides is 1. The van der Waals surface area contributed by atoms with Gasteiger partial charge in [-0.25, -0.2) is 41.9 Å². The number of aromatic nitrogens is 4. The highest BCUT2D eigenvalue weighted by Crippen LogP contribution is 2.47. The van der Waals surface area contributed by atoms with Crippen molar-refractivity contribution >= 4 is 122 Å². The fraction of sp³-hybridized carbons (Fsp3) is 0.402. The van der Waals surface area contributed by atoms with Crippen molar-refractivity contribution in [2.45, 2.75) is 164 Å². The maximum Gasteiger partial charge on any atom is 0.407 e. The molecule has 7 N–H and O–H groups in total. The Kier molecular flexibility index (Phi) is 30.5. The van der Waals surface area contributed by atoms with Gasteiger partial charge in [-0.3, -0.25) is 29.2 Å². The topological polar surface area (TPSA) is 444 Å². The molecule has 0 saturated carbocycles. The summed E-state index contributed by atoms with van der Waals surface area (Å²) in [7, 11) is -5.90. The highest BCUT2D eigenvalue weighted by molar-refractivity contribution is 7.99. The van der Waals surface area contributed by atoms with E-state index in [-0.39, 0.29) is 59.6 Å². The first-order valence-corrected chi connectivity index (χ1v) is 54.8. The number of rotatable bonds is 23. The van der Waals surface area contributed by atoms with Gasteiger partial charge in [0.15, 0.2) is 0 Å². The van der Waals surface area contributed by atoms with Crippen LogP contribution in [0.5, 0.6) is 0 Å². The van der Waals surface area contributed by atoms with E-state index in [1.807, 2.05) is 87.8 Å². The maximum absolute atomic E-state index is 14.4. The van der Waals surface area contributed by atoms with Crippen LogP contribution in [0, 0.1) is 11.8 Å². The average Bonchev–Trinajstić information content (AvgIpc) is 1.64.